The lowest BCUT2D eigenvalue weighted by Crippen LogP contribution is -2.64. The van der Waals surface area contributed by atoms with Gasteiger partial charge in [0.15, 0.2) is 0 Å². The van der Waals surface area contributed by atoms with E-state index in [2.05, 4.69) is 4.74 Å². The van der Waals surface area contributed by atoms with E-state index in [0.29, 0.717) is 0 Å². The van der Waals surface area contributed by atoms with Gasteiger partial charge in [0.25, 0.3) is 5.78 Å². The molecule has 1 unspecified atom stereocenters. The largest absolute Gasteiger partial charge is 0.465 e. The van der Waals surface area contributed by atoms with Gasteiger partial charge in [-0.25, -0.2) is 9.59 Å². The maximum absolute atomic E-state index is 12.3. The summed E-state index contributed by atoms with van der Waals surface area (Å²) in [5.41, 5.74) is -1.44. The number of nitrogens with zero attached hydrogens (tertiary/aromatic N) is 1. The normalized spacial score (nSPS) is 25.8. The number of hydrogen-bond donors (Lipinski definition) is 1. The van der Waals surface area contributed by atoms with Gasteiger partial charge in [-0.05, 0) is 19.3 Å². The third-order valence-corrected chi connectivity index (χ3v) is 4.51. The Hall–Kier alpha value is -1.92. The minimum atomic E-state index is -1.29. The van der Waals surface area contributed by atoms with E-state index in [1.807, 2.05) is 20.8 Å². The lowest BCUT2D eigenvalue weighted by atomic mass is 9.67. The quantitative estimate of drug-likeness (QED) is 0.481. The number of carbonyl (C=O) groups excluding carboxylic acids is 3. The molecule has 0 aliphatic carbocycles. The van der Waals surface area contributed by atoms with E-state index in [-0.39, 0.29) is 19.6 Å². The molecular weight excluding hydrogens is 290 g/mol. The van der Waals surface area contributed by atoms with Gasteiger partial charge in [0, 0.05) is 13.0 Å². The van der Waals surface area contributed by atoms with Gasteiger partial charge in [0.1, 0.15) is 11.7 Å². The molecule has 0 radical (unpaired) electrons. The van der Waals surface area contributed by atoms with Crippen LogP contribution in [0.5, 0.6) is 0 Å². The van der Waals surface area contributed by atoms with Gasteiger partial charge in [-0.3, -0.25) is 9.59 Å². The average Bonchev–Trinajstić information content (AvgIpc) is 2.36. The zero-order valence-electron chi connectivity index (χ0n) is 13.6. The van der Waals surface area contributed by atoms with Crippen LogP contribution < -0.4 is 0 Å². The fourth-order valence-electron chi connectivity index (χ4n) is 2.58. The van der Waals surface area contributed by atoms with Crippen LogP contribution >= 0.6 is 0 Å². The molecule has 1 aliphatic rings. The number of piperidine rings is 1. The molecule has 7 nitrogen and oxygen atoms in total. The monoisotopic (exact) mass is 313 g/mol. The molecule has 1 rings (SSSR count). The zero-order chi connectivity index (χ0) is 17.3. The topological polar surface area (TPSA) is 101 Å². The molecule has 0 aromatic heterocycles. The highest BCUT2D eigenvalue weighted by Gasteiger charge is 2.53. The standard InChI is InChI=1S/C15H23NO6/c1-6-22-12(19)11(18)9-8-16(13(20)21)15(5,7-10(9)17)14(2,3)4/h9H,6-8H2,1-5H3,(H,20,21)/t9?,15-/m1/s1. The second-order valence-corrected chi connectivity index (χ2v) is 6.70. The van der Waals surface area contributed by atoms with Crippen molar-refractivity contribution >= 4 is 23.6 Å². The summed E-state index contributed by atoms with van der Waals surface area (Å²) in [5.74, 6) is -3.78. The van der Waals surface area contributed by atoms with Gasteiger partial charge in [0.2, 0.25) is 0 Å². The van der Waals surface area contributed by atoms with E-state index >= 15 is 0 Å². The fourth-order valence-corrected chi connectivity index (χ4v) is 2.58. The summed E-state index contributed by atoms with van der Waals surface area (Å²) in [6, 6.07) is 0. The molecule has 1 N–H and O–H groups in total. The molecule has 1 amide bonds. The number of likely N-dealkylation sites (tertiary alicyclic amines) is 1. The number of carboxylic acid groups (broad SMARTS) is 1. The molecule has 1 fully saturated rings. The Morgan fingerprint density at radius 2 is 1.91 bits per heavy atom. The first-order valence-electron chi connectivity index (χ1n) is 7.20. The summed E-state index contributed by atoms with van der Waals surface area (Å²) in [5, 5.41) is 9.45. The summed E-state index contributed by atoms with van der Waals surface area (Å²) < 4.78 is 4.61. The molecule has 1 aliphatic heterocycles. The molecule has 0 saturated carbocycles. The third kappa shape index (κ3) is 3.13. The third-order valence-electron chi connectivity index (χ3n) is 4.51. The second-order valence-electron chi connectivity index (χ2n) is 6.70. The Bertz CT molecular complexity index is 507. The van der Waals surface area contributed by atoms with Crippen molar-refractivity contribution in [2.75, 3.05) is 13.2 Å². The lowest BCUT2D eigenvalue weighted by molar-refractivity contribution is -0.159. The number of Topliss-reactive ketones (excluding diaryl/α,β-unsaturated/α-hetero) is 2. The number of ketones is 2. The zero-order valence-corrected chi connectivity index (χ0v) is 13.6. The molecular formula is C15H23NO6. The summed E-state index contributed by atoms with van der Waals surface area (Å²) >= 11 is 0. The van der Waals surface area contributed by atoms with Crippen molar-refractivity contribution in [3.63, 3.8) is 0 Å². The summed E-state index contributed by atoms with van der Waals surface area (Å²) in [6.07, 6.45) is -1.33. The van der Waals surface area contributed by atoms with Gasteiger partial charge >= 0.3 is 12.1 Å². The fraction of sp³-hybridized carbons (Fsp3) is 0.733. The highest BCUT2D eigenvalue weighted by molar-refractivity contribution is 6.38. The SMILES string of the molecule is CCOC(=O)C(=O)C1CN(C(=O)O)[C@@](C)(C(C)(C)C)CC1=O. The maximum atomic E-state index is 12.3. The molecule has 1 heterocycles. The van der Waals surface area contributed by atoms with Crippen molar-refractivity contribution in [2.24, 2.45) is 11.3 Å². The van der Waals surface area contributed by atoms with Crippen molar-refractivity contribution in [2.45, 2.75) is 46.6 Å². The van der Waals surface area contributed by atoms with E-state index in [4.69, 9.17) is 0 Å². The predicted molar refractivity (Wildman–Crippen MR) is 77.3 cm³/mol. The molecule has 7 heteroatoms. The van der Waals surface area contributed by atoms with Gasteiger partial charge in [-0.15, -0.1) is 0 Å². The Morgan fingerprint density at radius 3 is 2.32 bits per heavy atom. The molecule has 2 atom stereocenters. The lowest BCUT2D eigenvalue weighted by Gasteiger charge is -2.52. The van der Waals surface area contributed by atoms with Crippen molar-refractivity contribution in [1.82, 2.24) is 4.90 Å². The van der Waals surface area contributed by atoms with E-state index in [9.17, 15) is 24.3 Å². The Morgan fingerprint density at radius 1 is 1.36 bits per heavy atom. The van der Waals surface area contributed by atoms with E-state index in [1.165, 1.54) is 0 Å². The molecule has 0 aromatic carbocycles. The van der Waals surface area contributed by atoms with Crippen molar-refractivity contribution < 1.29 is 29.0 Å². The van der Waals surface area contributed by atoms with Crippen LogP contribution in [0.4, 0.5) is 4.79 Å². The first-order chi connectivity index (χ1) is 9.95. The van der Waals surface area contributed by atoms with Crippen LogP contribution in [0.3, 0.4) is 0 Å². The smallest absolute Gasteiger partial charge is 0.407 e. The predicted octanol–water partition coefficient (Wildman–Crippen LogP) is 1.49. The minimum absolute atomic E-state index is 0.0217. The van der Waals surface area contributed by atoms with Crippen LogP contribution in [-0.4, -0.2) is 52.3 Å². The highest BCUT2D eigenvalue weighted by atomic mass is 16.5. The van der Waals surface area contributed by atoms with Gasteiger partial charge < -0.3 is 14.7 Å². The molecule has 1 saturated heterocycles. The van der Waals surface area contributed by atoms with Gasteiger partial charge in [-0.1, -0.05) is 20.8 Å². The summed E-state index contributed by atoms with van der Waals surface area (Å²) in [4.78, 5) is 48.5. The number of hydrogen-bond acceptors (Lipinski definition) is 5. The Kier molecular flexibility index (Phi) is 4.99. The Labute approximate surface area is 129 Å². The number of esters is 1. The molecule has 22 heavy (non-hydrogen) atoms. The molecule has 0 bridgehead atoms. The van der Waals surface area contributed by atoms with Crippen molar-refractivity contribution in [1.29, 1.82) is 0 Å². The van der Waals surface area contributed by atoms with E-state index < -0.39 is 40.5 Å². The van der Waals surface area contributed by atoms with Crippen LogP contribution in [-0.2, 0) is 19.1 Å². The molecule has 0 spiro atoms. The van der Waals surface area contributed by atoms with E-state index in [1.54, 1.807) is 13.8 Å². The number of carbonyl (C=O) groups is 4. The van der Waals surface area contributed by atoms with Crippen LogP contribution in [0.2, 0.25) is 0 Å². The highest BCUT2D eigenvalue weighted by Crippen LogP contribution is 2.42. The summed E-state index contributed by atoms with van der Waals surface area (Å²) in [7, 11) is 0. The van der Waals surface area contributed by atoms with Crippen LogP contribution in [0.1, 0.15) is 41.0 Å². The molecule has 124 valence electrons. The van der Waals surface area contributed by atoms with Crippen LogP contribution in [0, 0.1) is 11.3 Å². The van der Waals surface area contributed by atoms with Crippen LogP contribution in [0.15, 0.2) is 0 Å². The number of rotatable bonds is 3. The Balaban J connectivity index is 3.13. The average molecular weight is 313 g/mol. The van der Waals surface area contributed by atoms with Crippen molar-refractivity contribution in [3.05, 3.63) is 0 Å². The first-order valence-corrected chi connectivity index (χ1v) is 7.20. The van der Waals surface area contributed by atoms with E-state index in [0.717, 1.165) is 4.90 Å². The second kappa shape index (κ2) is 6.06. The van der Waals surface area contributed by atoms with Gasteiger partial charge in [-0.2, -0.15) is 0 Å². The molecule has 0 aromatic rings. The van der Waals surface area contributed by atoms with Gasteiger partial charge in [0.05, 0.1) is 12.1 Å². The van der Waals surface area contributed by atoms with Crippen LogP contribution in [0.25, 0.3) is 0 Å². The van der Waals surface area contributed by atoms with Crippen molar-refractivity contribution in [3.8, 4) is 0 Å². The first kappa shape index (κ1) is 18.1. The number of ether oxygens (including phenoxy) is 1. The summed E-state index contributed by atoms with van der Waals surface area (Å²) in [6.45, 7) is 8.45. The minimum Gasteiger partial charge on any atom is -0.465 e. The maximum Gasteiger partial charge on any atom is 0.407 e. The number of amides is 1.